The lowest BCUT2D eigenvalue weighted by Gasteiger charge is -1.98. The minimum atomic E-state index is -0.814. The fourth-order valence-corrected chi connectivity index (χ4v) is 0.554. The lowest BCUT2D eigenvalue weighted by molar-refractivity contribution is -0.138. The molecule has 4 nitrogen and oxygen atoms in total. The van der Waals surface area contributed by atoms with Gasteiger partial charge in [0.25, 0.3) is 0 Å². The summed E-state index contributed by atoms with van der Waals surface area (Å²) in [6.07, 6.45) is 0. The minimum Gasteiger partial charge on any atom is -0.480 e. The van der Waals surface area contributed by atoms with Crippen LogP contribution in [0.3, 0.4) is 0 Å². The molecule has 45 valence electrons. The number of nitrogens with one attached hydrogen (secondary N) is 2. The van der Waals surface area contributed by atoms with Gasteiger partial charge in [-0.15, -0.1) is 0 Å². The summed E-state index contributed by atoms with van der Waals surface area (Å²) in [6.45, 7) is 2.02. The SMILES string of the molecule is O=C(O)C1CN[CH]N1. The van der Waals surface area contributed by atoms with E-state index in [1.807, 2.05) is 0 Å². The predicted octanol–water partition coefficient (Wildman–Crippen LogP) is -1.25. The molecule has 3 N–H and O–H groups in total. The van der Waals surface area contributed by atoms with Crippen molar-refractivity contribution in [3.63, 3.8) is 0 Å². The predicted molar refractivity (Wildman–Crippen MR) is 26.9 cm³/mol. The lowest BCUT2D eigenvalue weighted by Crippen LogP contribution is -2.31. The topological polar surface area (TPSA) is 61.4 Å². The molecule has 1 fully saturated rings. The summed E-state index contributed by atoms with van der Waals surface area (Å²) >= 11 is 0. The fourth-order valence-electron chi connectivity index (χ4n) is 0.554. The molecule has 1 radical (unpaired) electrons. The molecule has 0 amide bonds. The van der Waals surface area contributed by atoms with Crippen molar-refractivity contribution in [1.29, 1.82) is 0 Å². The van der Waals surface area contributed by atoms with Crippen LogP contribution >= 0.6 is 0 Å². The van der Waals surface area contributed by atoms with Crippen LogP contribution < -0.4 is 10.6 Å². The van der Waals surface area contributed by atoms with Crippen LogP contribution in [-0.2, 0) is 4.79 Å². The Morgan fingerprint density at radius 2 is 2.62 bits per heavy atom. The summed E-state index contributed by atoms with van der Waals surface area (Å²) in [7, 11) is 0. The van der Waals surface area contributed by atoms with Crippen molar-refractivity contribution >= 4 is 5.97 Å². The van der Waals surface area contributed by atoms with E-state index in [2.05, 4.69) is 10.6 Å². The number of hydrogen-bond acceptors (Lipinski definition) is 3. The summed E-state index contributed by atoms with van der Waals surface area (Å²) < 4.78 is 0. The maximum Gasteiger partial charge on any atom is 0.322 e. The first-order valence-corrected chi connectivity index (χ1v) is 2.34. The number of hydrogen-bond donors (Lipinski definition) is 3. The number of carboxylic acid groups (broad SMARTS) is 1. The molecule has 1 rings (SSSR count). The Hall–Kier alpha value is -0.610. The van der Waals surface area contributed by atoms with Crippen molar-refractivity contribution < 1.29 is 9.90 Å². The molecule has 0 saturated carbocycles. The molecule has 1 unspecified atom stereocenters. The van der Waals surface area contributed by atoms with Gasteiger partial charge in [0.1, 0.15) is 6.04 Å². The minimum absolute atomic E-state index is 0.435. The van der Waals surface area contributed by atoms with E-state index in [9.17, 15) is 4.79 Å². The van der Waals surface area contributed by atoms with Crippen molar-refractivity contribution in [1.82, 2.24) is 10.6 Å². The van der Waals surface area contributed by atoms with Gasteiger partial charge >= 0.3 is 5.97 Å². The third kappa shape index (κ3) is 0.962. The highest BCUT2D eigenvalue weighted by molar-refractivity contribution is 5.74. The van der Waals surface area contributed by atoms with Gasteiger partial charge in [0.15, 0.2) is 0 Å². The Morgan fingerprint density at radius 3 is 2.88 bits per heavy atom. The van der Waals surface area contributed by atoms with Gasteiger partial charge in [-0.05, 0) is 0 Å². The number of aliphatic carboxylic acids is 1. The van der Waals surface area contributed by atoms with E-state index in [0.29, 0.717) is 6.54 Å². The van der Waals surface area contributed by atoms with Crippen LogP contribution in [-0.4, -0.2) is 23.7 Å². The summed E-state index contributed by atoms with van der Waals surface area (Å²) in [5, 5.41) is 13.6. The first kappa shape index (κ1) is 5.53. The molecular weight excluding hydrogens is 108 g/mol. The zero-order valence-corrected chi connectivity index (χ0v) is 4.22. The molecular formula is C4H7N2O2. The second-order valence-corrected chi connectivity index (χ2v) is 1.61. The van der Waals surface area contributed by atoms with Gasteiger partial charge in [0.05, 0.1) is 6.67 Å². The van der Waals surface area contributed by atoms with E-state index in [4.69, 9.17) is 5.11 Å². The second kappa shape index (κ2) is 2.11. The Balaban J connectivity index is 2.35. The Kier molecular flexibility index (Phi) is 1.45. The highest BCUT2D eigenvalue weighted by atomic mass is 16.4. The van der Waals surface area contributed by atoms with Crippen LogP contribution in [0.4, 0.5) is 0 Å². The van der Waals surface area contributed by atoms with Crippen LogP contribution in [0.1, 0.15) is 0 Å². The van der Waals surface area contributed by atoms with Gasteiger partial charge in [-0.25, -0.2) is 0 Å². The van der Waals surface area contributed by atoms with Crippen molar-refractivity contribution in [3.8, 4) is 0 Å². The number of carboxylic acids is 1. The van der Waals surface area contributed by atoms with E-state index < -0.39 is 12.0 Å². The van der Waals surface area contributed by atoms with Crippen LogP contribution in [0, 0.1) is 6.67 Å². The van der Waals surface area contributed by atoms with Gasteiger partial charge in [0.2, 0.25) is 0 Å². The fraction of sp³-hybridized carbons (Fsp3) is 0.500. The molecule has 4 heteroatoms. The highest BCUT2D eigenvalue weighted by Gasteiger charge is 2.20. The van der Waals surface area contributed by atoms with Gasteiger partial charge in [-0.1, -0.05) is 0 Å². The first-order chi connectivity index (χ1) is 3.80. The van der Waals surface area contributed by atoms with E-state index in [0.717, 1.165) is 0 Å². The highest BCUT2D eigenvalue weighted by Crippen LogP contribution is 1.88. The van der Waals surface area contributed by atoms with E-state index in [1.165, 1.54) is 0 Å². The van der Waals surface area contributed by atoms with Gasteiger partial charge in [-0.2, -0.15) is 0 Å². The Morgan fingerprint density at radius 1 is 1.88 bits per heavy atom. The lowest BCUT2D eigenvalue weighted by atomic mass is 10.3. The van der Waals surface area contributed by atoms with Crippen LogP contribution in [0.15, 0.2) is 0 Å². The molecule has 1 aliphatic rings. The maximum absolute atomic E-state index is 10.1. The van der Waals surface area contributed by atoms with Gasteiger partial charge in [-0.3, -0.25) is 15.4 Å². The number of carbonyl (C=O) groups is 1. The maximum atomic E-state index is 10.1. The largest absolute Gasteiger partial charge is 0.480 e. The van der Waals surface area contributed by atoms with Crippen LogP contribution in [0.5, 0.6) is 0 Å². The third-order valence-corrected chi connectivity index (χ3v) is 1.01. The molecule has 0 bridgehead atoms. The molecule has 0 spiro atoms. The monoisotopic (exact) mass is 115 g/mol. The van der Waals surface area contributed by atoms with E-state index >= 15 is 0 Å². The van der Waals surface area contributed by atoms with Gasteiger partial charge < -0.3 is 5.11 Å². The van der Waals surface area contributed by atoms with Crippen molar-refractivity contribution in [2.45, 2.75) is 6.04 Å². The van der Waals surface area contributed by atoms with Gasteiger partial charge in [0, 0.05) is 6.54 Å². The van der Waals surface area contributed by atoms with Crippen LogP contribution in [0.2, 0.25) is 0 Å². The average molecular weight is 115 g/mol. The zero-order chi connectivity index (χ0) is 5.98. The normalized spacial score (nSPS) is 28.2. The average Bonchev–Trinajstić information content (AvgIpc) is 2.12. The first-order valence-electron chi connectivity index (χ1n) is 2.34. The molecule has 1 atom stereocenters. The zero-order valence-electron chi connectivity index (χ0n) is 4.22. The molecule has 0 aromatic carbocycles. The standard InChI is InChI=1S/C4H7N2O2/c7-4(8)3-1-5-2-6-3/h2-3,5-6H,1H2,(H,7,8). The molecule has 1 heterocycles. The van der Waals surface area contributed by atoms with Crippen molar-refractivity contribution in [3.05, 3.63) is 6.67 Å². The van der Waals surface area contributed by atoms with Crippen molar-refractivity contribution in [2.75, 3.05) is 6.54 Å². The molecule has 1 aliphatic heterocycles. The smallest absolute Gasteiger partial charge is 0.322 e. The molecule has 1 saturated heterocycles. The summed E-state index contributed by atoms with van der Waals surface area (Å²) in [5.41, 5.74) is 0. The number of rotatable bonds is 1. The molecule has 0 aromatic rings. The van der Waals surface area contributed by atoms with E-state index in [-0.39, 0.29) is 0 Å². The quantitative estimate of drug-likeness (QED) is 0.399. The summed E-state index contributed by atoms with van der Waals surface area (Å²) in [5.74, 6) is -0.814. The van der Waals surface area contributed by atoms with E-state index in [1.54, 1.807) is 6.67 Å². The summed E-state index contributed by atoms with van der Waals surface area (Å²) in [4.78, 5) is 10.1. The second-order valence-electron chi connectivity index (χ2n) is 1.61. The molecule has 0 aliphatic carbocycles. The Bertz CT molecular complexity index is 98.2. The molecule has 8 heavy (non-hydrogen) atoms. The third-order valence-electron chi connectivity index (χ3n) is 1.01. The summed E-state index contributed by atoms with van der Waals surface area (Å²) in [6, 6.07) is -0.435. The Labute approximate surface area is 46.9 Å². The van der Waals surface area contributed by atoms with Crippen molar-refractivity contribution in [2.24, 2.45) is 0 Å². The molecule has 0 aromatic heterocycles. The van der Waals surface area contributed by atoms with Crippen LogP contribution in [0.25, 0.3) is 0 Å².